The van der Waals surface area contributed by atoms with Crippen LogP contribution in [0.5, 0.6) is 0 Å². The highest BCUT2D eigenvalue weighted by Crippen LogP contribution is 2.35. The zero-order valence-corrected chi connectivity index (χ0v) is 21.1. The fraction of sp³-hybridized carbons (Fsp3) is 0.419. The Morgan fingerprint density at radius 1 is 0.941 bits per heavy atom. The largest absolute Gasteiger partial charge is 0.396 e. The van der Waals surface area contributed by atoms with E-state index in [-0.39, 0.29) is 30.0 Å². The normalized spacial score (nSPS) is 20.7. The summed E-state index contributed by atoms with van der Waals surface area (Å²) in [6, 6.07) is 29.1. The number of hydrogen-bond acceptors (Lipinski definition) is 3. The first-order chi connectivity index (χ1) is 16.4. The molecule has 0 bridgehead atoms. The van der Waals surface area contributed by atoms with Gasteiger partial charge >= 0.3 is 0 Å². The van der Waals surface area contributed by atoms with Gasteiger partial charge in [-0.2, -0.15) is 0 Å². The molecule has 1 fully saturated rings. The molecule has 3 atom stereocenters. The van der Waals surface area contributed by atoms with Gasteiger partial charge in [-0.05, 0) is 59.0 Å². The summed E-state index contributed by atoms with van der Waals surface area (Å²) in [6.07, 6.45) is 0.804. The van der Waals surface area contributed by atoms with Crippen LogP contribution in [-0.4, -0.2) is 30.3 Å². The monoisotopic (exact) mass is 456 g/mol. The second kappa shape index (κ2) is 10.9. The predicted octanol–water partition coefficient (Wildman–Crippen LogP) is 5.55. The topological polar surface area (TPSA) is 44.3 Å². The molecule has 34 heavy (non-hydrogen) atoms. The van der Waals surface area contributed by atoms with Crippen LogP contribution in [-0.2, 0) is 12.0 Å². The molecule has 180 valence electrons. The molecule has 3 aromatic rings. The Morgan fingerprint density at radius 2 is 1.56 bits per heavy atom. The third-order valence-electron chi connectivity index (χ3n) is 7.43. The standard InChI is InChI=1S/C31H40N2O/c1-22-15-16-27(31(2,3)4)19-26(22)21-32-29-25(17-18-34)20-33-30(29)28(23-11-7-5-8-12-23)24-13-9-6-10-14-24/h5-16,19,25,28-30,32-34H,17-18,20-21H2,1-4H3. The van der Waals surface area contributed by atoms with E-state index in [4.69, 9.17) is 0 Å². The summed E-state index contributed by atoms with van der Waals surface area (Å²) < 4.78 is 0. The molecule has 0 spiro atoms. The van der Waals surface area contributed by atoms with Crippen molar-refractivity contribution in [3.05, 3.63) is 107 Å². The zero-order chi connectivity index (χ0) is 24.1. The van der Waals surface area contributed by atoms with Crippen molar-refractivity contribution in [2.75, 3.05) is 13.2 Å². The van der Waals surface area contributed by atoms with E-state index in [2.05, 4.69) is 117 Å². The van der Waals surface area contributed by atoms with E-state index in [9.17, 15) is 5.11 Å². The van der Waals surface area contributed by atoms with E-state index in [0.717, 1.165) is 19.5 Å². The van der Waals surface area contributed by atoms with E-state index >= 15 is 0 Å². The summed E-state index contributed by atoms with van der Waals surface area (Å²) in [4.78, 5) is 0. The van der Waals surface area contributed by atoms with Crippen molar-refractivity contribution in [2.45, 2.75) is 64.1 Å². The number of aliphatic hydroxyl groups is 1. The maximum atomic E-state index is 9.80. The highest BCUT2D eigenvalue weighted by molar-refractivity contribution is 5.37. The van der Waals surface area contributed by atoms with Gasteiger partial charge in [-0.25, -0.2) is 0 Å². The van der Waals surface area contributed by atoms with Crippen molar-refractivity contribution in [3.63, 3.8) is 0 Å². The number of aliphatic hydroxyl groups excluding tert-OH is 1. The average molecular weight is 457 g/mol. The minimum absolute atomic E-state index is 0.130. The summed E-state index contributed by atoms with van der Waals surface area (Å²) in [5, 5.41) is 17.6. The van der Waals surface area contributed by atoms with E-state index in [1.807, 2.05) is 0 Å². The summed E-state index contributed by atoms with van der Waals surface area (Å²) >= 11 is 0. The molecule has 0 saturated carbocycles. The van der Waals surface area contributed by atoms with Crippen LogP contribution < -0.4 is 10.6 Å². The maximum absolute atomic E-state index is 9.80. The summed E-state index contributed by atoms with van der Waals surface area (Å²) in [5.41, 5.74) is 6.84. The van der Waals surface area contributed by atoms with Crippen LogP contribution in [0.3, 0.4) is 0 Å². The lowest BCUT2D eigenvalue weighted by Crippen LogP contribution is -2.46. The molecule has 0 amide bonds. The Balaban J connectivity index is 1.65. The first-order valence-electron chi connectivity index (χ1n) is 12.7. The minimum atomic E-state index is 0.130. The summed E-state index contributed by atoms with van der Waals surface area (Å²) in [7, 11) is 0. The van der Waals surface area contributed by atoms with Crippen LogP contribution in [0.1, 0.15) is 60.9 Å². The molecular weight excluding hydrogens is 416 g/mol. The van der Waals surface area contributed by atoms with Gasteiger partial charge in [-0.1, -0.05) is 99.6 Å². The third kappa shape index (κ3) is 5.60. The lowest BCUT2D eigenvalue weighted by molar-refractivity contribution is 0.241. The first-order valence-corrected chi connectivity index (χ1v) is 12.7. The highest BCUT2D eigenvalue weighted by atomic mass is 16.3. The lowest BCUT2D eigenvalue weighted by atomic mass is 9.80. The predicted molar refractivity (Wildman–Crippen MR) is 142 cm³/mol. The fourth-order valence-corrected chi connectivity index (χ4v) is 5.38. The van der Waals surface area contributed by atoms with Gasteiger partial charge in [0.2, 0.25) is 0 Å². The lowest BCUT2D eigenvalue weighted by Gasteiger charge is -2.33. The second-order valence-corrected chi connectivity index (χ2v) is 10.8. The Morgan fingerprint density at radius 3 is 2.12 bits per heavy atom. The van der Waals surface area contributed by atoms with Crippen molar-refractivity contribution < 1.29 is 5.11 Å². The fourth-order valence-electron chi connectivity index (χ4n) is 5.38. The molecule has 0 aliphatic carbocycles. The highest BCUT2D eigenvalue weighted by Gasteiger charge is 2.40. The smallest absolute Gasteiger partial charge is 0.0434 e. The van der Waals surface area contributed by atoms with Gasteiger partial charge < -0.3 is 15.7 Å². The molecule has 1 heterocycles. The van der Waals surface area contributed by atoms with E-state index < -0.39 is 0 Å². The van der Waals surface area contributed by atoms with Crippen LogP contribution >= 0.6 is 0 Å². The van der Waals surface area contributed by atoms with Crippen LogP contribution in [0.4, 0.5) is 0 Å². The maximum Gasteiger partial charge on any atom is 0.0434 e. The molecule has 4 rings (SSSR count). The van der Waals surface area contributed by atoms with Gasteiger partial charge in [0.1, 0.15) is 0 Å². The van der Waals surface area contributed by atoms with Crippen molar-refractivity contribution in [3.8, 4) is 0 Å². The number of benzene rings is 3. The molecule has 1 aliphatic rings. The zero-order valence-electron chi connectivity index (χ0n) is 21.1. The molecule has 1 saturated heterocycles. The van der Waals surface area contributed by atoms with Crippen LogP contribution in [0.25, 0.3) is 0 Å². The number of nitrogens with one attached hydrogen (secondary N) is 2. The minimum Gasteiger partial charge on any atom is -0.396 e. The van der Waals surface area contributed by atoms with Gasteiger partial charge in [0.05, 0.1) is 0 Å². The average Bonchev–Trinajstić information content (AvgIpc) is 3.21. The van der Waals surface area contributed by atoms with Crippen molar-refractivity contribution >= 4 is 0 Å². The Kier molecular flexibility index (Phi) is 7.88. The van der Waals surface area contributed by atoms with Crippen molar-refractivity contribution in [1.29, 1.82) is 0 Å². The van der Waals surface area contributed by atoms with Gasteiger partial charge in [-0.3, -0.25) is 0 Å². The molecule has 3 nitrogen and oxygen atoms in total. The van der Waals surface area contributed by atoms with Gasteiger partial charge in [0.25, 0.3) is 0 Å². The van der Waals surface area contributed by atoms with E-state index in [1.165, 1.54) is 27.8 Å². The van der Waals surface area contributed by atoms with Crippen LogP contribution in [0.2, 0.25) is 0 Å². The number of aryl methyl sites for hydroxylation is 1. The molecule has 0 aromatic heterocycles. The molecule has 3 N–H and O–H groups in total. The summed E-state index contributed by atoms with van der Waals surface area (Å²) in [6.45, 7) is 11.0. The van der Waals surface area contributed by atoms with Gasteiger partial charge in [0.15, 0.2) is 0 Å². The SMILES string of the molecule is Cc1ccc(C(C)(C)C)cc1CNC1C(CCO)CNC1C(c1ccccc1)c1ccccc1. The Bertz CT molecular complexity index is 1000. The summed E-state index contributed by atoms with van der Waals surface area (Å²) in [5.74, 6) is 0.627. The first kappa shape index (κ1) is 24.7. The number of rotatable bonds is 8. The van der Waals surface area contributed by atoms with E-state index in [1.54, 1.807) is 0 Å². The van der Waals surface area contributed by atoms with Crippen molar-refractivity contribution in [2.24, 2.45) is 5.92 Å². The van der Waals surface area contributed by atoms with Gasteiger partial charge in [0, 0.05) is 31.2 Å². The molecule has 3 aromatic carbocycles. The quantitative estimate of drug-likeness (QED) is 0.416. The molecular formula is C31H40N2O. The number of hydrogen-bond donors (Lipinski definition) is 3. The van der Waals surface area contributed by atoms with Crippen molar-refractivity contribution in [1.82, 2.24) is 10.6 Å². The van der Waals surface area contributed by atoms with E-state index in [0.29, 0.717) is 5.92 Å². The second-order valence-electron chi connectivity index (χ2n) is 10.8. The molecule has 0 radical (unpaired) electrons. The van der Waals surface area contributed by atoms with Crippen LogP contribution in [0, 0.1) is 12.8 Å². The van der Waals surface area contributed by atoms with Crippen LogP contribution in [0.15, 0.2) is 78.9 Å². The Hall–Kier alpha value is -2.46. The molecule has 3 heteroatoms. The third-order valence-corrected chi connectivity index (χ3v) is 7.43. The Labute approximate surface area is 205 Å². The molecule has 3 unspecified atom stereocenters. The molecule has 1 aliphatic heterocycles. The van der Waals surface area contributed by atoms with Gasteiger partial charge in [-0.15, -0.1) is 0 Å².